The molecule has 0 aliphatic carbocycles. The fourth-order valence-electron chi connectivity index (χ4n) is 3.24. The Bertz CT molecular complexity index is 1070. The van der Waals surface area contributed by atoms with Gasteiger partial charge in [-0.25, -0.2) is 0 Å². The lowest BCUT2D eigenvalue weighted by Gasteiger charge is -2.25. The van der Waals surface area contributed by atoms with Crippen LogP contribution in [0.4, 0.5) is 11.4 Å². The lowest BCUT2D eigenvalue weighted by molar-refractivity contribution is 0.367. The number of nitrogens with zero attached hydrogens (tertiary/aromatic N) is 1. The Morgan fingerprint density at radius 2 is 1.71 bits per heavy atom. The molecule has 0 unspecified atom stereocenters. The molecule has 0 saturated heterocycles. The van der Waals surface area contributed by atoms with E-state index in [0.717, 1.165) is 23.6 Å². The number of ether oxygens (including phenoxy) is 2. The first-order valence-electron chi connectivity index (χ1n) is 11.4. The van der Waals surface area contributed by atoms with Crippen molar-refractivity contribution in [3.05, 3.63) is 134 Å². The number of hydrogen-bond donors (Lipinski definition) is 0. The van der Waals surface area contributed by atoms with Crippen molar-refractivity contribution in [2.24, 2.45) is 0 Å². The second-order valence-electron chi connectivity index (χ2n) is 7.33. The molecular formula is C31H35NO2. The number of allylic oxidation sites excluding steroid dienone is 10. The summed E-state index contributed by atoms with van der Waals surface area (Å²) in [6.45, 7) is 12.3. The first-order chi connectivity index (χ1) is 16.7. The molecule has 2 rings (SSSR count). The molecule has 0 bridgehead atoms. The van der Waals surface area contributed by atoms with Gasteiger partial charge in [0, 0.05) is 24.0 Å². The Morgan fingerprint density at radius 3 is 2.35 bits per heavy atom. The minimum atomic E-state index is 0.661. The molecule has 0 aliphatic rings. The van der Waals surface area contributed by atoms with Crippen LogP contribution in [0.3, 0.4) is 0 Å². The van der Waals surface area contributed by atoms with Gasteiger partial charge in [0.25, 0.3) is 0 Å². The molecule has 0 radical (unpaired) electrons. The standard InChI is InChI=1S/C31H35NO2/c1-6-10-13-20-29(9-4)34-30-22-21-28(25-31(30)33-5)32(27-18-14-12-15-19-27)24-23-26(16-8-3)17-11-7-2/h6-15,17-23,25H,2-3,16,24H2,1,4-5H3/b10-6-,17-11-,20-13-,26-23-,29-9+. The van der Waals surface area contributed by atoms with Gasteiger partial charge < -0.3 is 14.4 Å². The number of anilines is 2. The molecule has 2 aromatic rings. The number of rotatable bonds is 13. The fraction of sp³-hybridized carbons (Fsp3) is 0.161. The van der Waals surface area contributed by atoms with E-state index in [4.69, 9.17) is 9.47 Å². The van der Waals surface area contributed by atoms with Crippen molar-refractivity contribution in [2.75, 3.05) is 18.6 Å². The van der Waals surface area contributed by atoms with Crippen molar-refractivity contribution in [3.63, 3.8) is 0 Å². The van der Waals surface area contributed by atoms with Gasteiger partial charge in [-0.05, 0) is 62.3 Å². The van der Waals surface area contributed by atoms with Crippen LogP contribution in [0.1, 0.15) is 20.3 Å². The minimum Gasteiger partial charge on any atom is -0.493 e. The molecule has 3 heteroatoms. The fourth-order valence-corrected chi connectivity index (χ4v) is 3.24. The Labute approximate surface area is 205 Å². The molecular weight excluding hydrogens is 418 g/mol. The summed E-state index contributed by atoms with van der Waals surface area (Å²) in [7, 11) is 1.66. The maximum absolute atomic E-state index is 6.10. The highest BCUT2D eigenvalue weighted by Crippen LogP contribution is 2.36. The smallest absolute Gasteiger partial charge is 0.169 e. The van der Waals surface area contributed by atoms with Crippen LogP contribution in [0.5, 0.6) is 11.5 Å². The highest BCUT2D eigenvalue weighted by atomic mass is 16.5. The third kappa shape index (κ3) is 8.18. The maximum atomic E-state index is 6.10. The van der Waals surface area contributed by atoms with E-state index >= 15 is 0 Å². The van der Waals surface area contributed by atoms with E-state index < -0.39 is 0 Å². The summed E-state index contributed by atoms with van der Waals surface area (Å²) in [6.07, 6.45) is 20.4. The van der Waals surface area contributed by atoms with E-state index in [2.05, 4.69) is 42.3 Å². The van der Waals surface area contributed by atoms with Crippen LogP contribution in [0.15, 0.2) is 134 Å². The van der Waals surface area contributed by atoms with Crippen LogP contribution in [-0.2, 0) is 0 Å². The van der Waals surface area contributed by atoms with Crippen LogP contribution >= 0.6 is 0 Å². The molecule has 0 atom stereocenters. The normalized spacial score (nSPS) is 12.4. The quantitative estimate of drug-likeness (QED) is 0.172. The zero-order chi connectivity index (χ0) is 24.6. The lowest BCUT2D eigenvalue weighted by Crippen LogP contribution is -2.17. The third-order valence-corrected chi connectivity index (χ3v) is 4.97. The van der Waals surface area contributed by atoms with Gasteiger partial charge in [-0.2, -0.15) is 0 Å². The Morgan fingerprint density at radius 1 is 0.912 bits per heavy atom. The molecule has 0 amide bonds. The molecule has 0 N–H and O–H groups in total. The van der Waals surface area contributed by atoms with E-state index in [1.807, 2.05) is 92.8 Å². The second kappa shape index (κ2) is 15.0. The summed E-state index contributed by atoms with van der Waals surface area (Å²) in [5.41, 5.74) is 3.26. The molecule has 0 fully saturated rings. The molecule has 176 valence electrons. The summed E-state index contributed by atoms with van der Waals surface area (Å²) in [5, 5.41) is 0. The molecule has 0 spiro atoms. The average molecular weight is 454 g/mol. The molecule has 0 saturated carbocycles. The summed E-state index contributed by atoms with van der Waals surface area (Å²) >= 11 is 0. The van der Waals surface area contributed by atoms with Gasteiger partial charge in [0.2, 0.25) is 0 Å². The lowest BCUT2D eigenvalue weighted by atomic mass is 10.1. The van der Waals surface area contributed by atoms with Gasteiger partial charge in [-0.1, -0.05) is 73.4 Å². The SMILES string of the molecule is C=C/C=C\C(=C/CN(c1ccccc1)c1ccc(OC(/C=C\C=C/C)=C/C)c(OC)c1)CC=C. The van der Waals surface area contributed by atoms with Crippen molar-refractivity contribution >= 4 is 11.4 Å². The Kier molecular flexibility index (Phi) is 11.6. The Balaban J connectivity index is 2.42. The number of para-hydroxylation sites is 1. The van der Waals surface area contributed by atoms with Crippen molar-refractivity contribution in [1.29, 1.82) is 0 Å². The van der Waals surface area contributed by atoms with Gasteiger partial charge in [-0.15, -0.1) is 6.58 Å². The highest BCUT2D eigenvalue weighted by Gasteiger charge is 2.13. The predicted octanol–water partition coefficient (Wildman–Crippen LogP) is 8.49. The van der Waals surface area contributed by atoms with E-state index in [1.165, 1.54) is 5.57 Å². The highest BCUT2D eigenvalue weighted by molar-refractivity contribution is 5.67. The van der Waals surface area contributed by atoms with E-state index in [1.54, 1.807) is 13.2 Å². The third-order valence-electron chi connectivity index (χ3n) is 4.97. The van der Waals surface area contributed by atoms with E-state index in [-0.39, 0.29) is 0 Å². The zero-order valence-corrected chi connectivity index (χ0v) is 20.5. The molecule has 2 aromatic carbocycles. The van der Waals surface area contributed by atoms with Crippen LogP contribution in [-0.4, -0.2) is 13.7 Å². The first kappa shape index (κ1) is 26.3. The van der Waals surface area contributed by atoms with Gasteiger partial charge in [0.15, 0.2) is 11.5 Å². The molecule has 0 aromatic heterocycles. The van der Waals surface area contributed by atoms with Crippen LogP contribution in [0, 0.1) is 0 Å². The van der Waals surface area contributed by atoms with Crippen LogP contribution < -0.4 is 14.4 Å². The summed E-state index contributed by atoms with van der Waals surface area (Å²) < 4.78 is 11.8. The van der Waals surface area contributed by atoms with Crippen molar-refractivity contribution in [1.82, 2.24) is 0 Å². The molecule has 0 heterocycles. The second-order valence-corrected chi connectivity index (χ2v) is 7.33. The van der Waals surface area contributed by atoms with Gasteiger partial charge in [0.05, 0.1) is 7.11 Å². The summed E-state index contributed by atoms with van der Waals surface area (Å²) in [6, 6.07) is 16.3. The molecule has 34 heavy (non-hydrogen) atoms. The first-order valence-corrected chi connectivity index (χ1v) is 11.4. The van der Waals surface area contributed by atoms with E-state index in [0.29, 0.717) is 18.0 Å². The number of hydrogen-bond acceptors (Lipinski definition) is 3. The predicted molar refractivity (Wildman–Crippen MR) is 147 cm³/mol. The van der Waals surface area contributed by atoms with Gasteiger partial charge in [0.1, 0.15) is 5.76 Å². The van der Waals surface area contributed by atoms with E-state index in [9.17, 15) is 0 Å². The summed E-state index contributed by atoms with van der Waals surface area (Å²) in [5.74, 6) is 2.07. The number of benzene rings is 2. The minimum absolute atomic E-state index is 0.661. The maximum Gasteiger partial charge on any atom is 0.169 e. The Hall–Kier alpha value is -3.98. The van der Waals surface area contributed by atoms with Crippen molar-refractivity contribution in [3.8, 4) is 11.5 Å². The summed E-state index contributed by atoms with van der Waals surface area (Å²) in [4.78, 5) is 2.24. The largest absolute Gasteiger partial charge is 0.493 e. The van der Waals surface area contributed by atoms with Gasteiger partial charge >= 0.3 is 0 Å². The average Bonchev–Trinajstić information content (AvgIpc) is 2.87. The van der Waals surface area contributed by atoms with Crippen LogP contribution in [0.25, 0.3) is 0 Å². The van der Waals surface area contributed by atoms with Gasteiger partial charge in [-0.3, -0.25) is 0 Å². The van der Waals surface area contributed by atoms with Crippen molar-refractivity contribution in [2.45, 2.75) is 20.3 Å². The van der Waals surface area contributed by atoms with Crippen molar-refractivity contribution < 1.29 is 9.47 Å². The topological polar surface area (TPSA) is 21.7 Å². The van der Waals surface area contributed by atoms with Crippen LogP contribution in [0.2, 0.25) is 0 Å². The number of methoxy groups -OCH3 is 1. The zero-order valence-electron chi connectivity index (χ0n) is 20.5. The molecule has 0 aliphatic heterocycles. The molecule has 3 nitrogen and oxygen atoms in total. The monoisotopic (exact) mass is 453 g/mol.